The minimum absolute atomic E-state index is 0.800. The van der Waals surface area contributed by atoms with Gasteiger partial charge in [-0.15, -0.1) is 0 Å². The highest BCUT2D eigenvalue weighted by atomic mass is 35.5. The Morgan fingerprint density at radius 3 is 2.82 bits per heavy atom. The average Bonchev–Trinajstić information content (AvgIpc) is 2.38. The zero-order chi connectivity index (χ0) is 11.7. The van der Waals surface area contributed by atoms with E-state index in [0.717, 1.165) is 24.5 Å². The van der Waals surface area contributed by atoms with Gasteiger partial charge in [0.2, 0.25) is 0 Å². The Bertz CT molecular complexity index is 548. The highest BCUT2D eigenvalue weighted by Crippen LogP contribution is 2.29. The predicted molar refractivity (Wildman–Crippen MR) is 72.3 cm³/mol. The fourth-order valence-electron chi connectivity index (χ4n) is 2.46. The van der Waals surface area contributed by atoms with Crippen molar-refractivity contribution in [3.8, 4) is 11.1 Å². The van der Waals surface area contributed by atoms with Crippen LogP contribution in [0.4, 0.5) is 0 Å². The van der Waals surface area contributed by atoms with E-state index in [1.165, 1.54) is 22.3 Å². The summed E-state index contributed by atoms with van der Waals surface area (Å²) in [5, 5.41) is 4.20. The molecule has 0 atom stereocenters. The van der Waals surface area contributed by atoms with Crippen molar-refractivity contribution in [2.24, 2.45) is 0 Å². The van der Waals surface area contributed by atoms with Crippen LogP contribution in [-0.2, 0) is 13.0 Å². The number of halogens is 1. The van der Waals surface area contributed by atoms with Crippen LogP contribution >= 0.6 is 11.6 Å². The summed E-state index contributed by atoms with van der Waals surface area (Å²) >= 11 is 6.07. The van der Waals surface area contributed by atoms with Gasteiger partial charge in [-0.2, -0.15) is 0 Å². The fraction of sp³-hybridized carbons (Fsp3) is 0.200. The second-order valence-corrected chi connectivity index (χ2v) is 4.82. The van der Waals surface area contributed by atoms with Crippen molar-refractivity contribution < 1.29 is 0 Å². The minimum atomic E-state index is 0.800. The number of fused-ring (bicyclic) bond motifs is 1. The number of benzene rings is 2. The molecule has 1 aliphatic rings. The Morgan fingerprint density at radius 1 is 1.06 bits per heavy atom. The van der Waals surface area contributed by atoms with Crippen molar-refractivity contribution in [2.75, 3.05) is 6.54 Å². The summed E-state index contributed by atoms with van der Waals surface area (Å²) in [5.41, 5.74) is 5.42. The van der Waals surface area contributed by atoms with E-state index in [-0.39, 0.29) is 0 Å². The zero-order valence-electron chi connectivity index (χ0n) is 9.54. The lowest BCUT2D eigenvalue weighted by molar-refractivity contribution is 0.645. The Morgan fingerprint density at radius 2 is 1.94 bits per heavy atom. The number of nitrogens with one attached hydrogen (secondary N) is 1. The molecule has 2 aromatic carbocycles. The summed E-state index contributed by atoms with van der Waals surface area (Å²) in [4.78, 5) is 0. The van der Waals surface area contributed by atoms with Gasteiger partial charge in [-0.25, -0.2) is 0 Å². The predicted octanol–water partition coefficient (Wildman–Crippen LogP) is 3.65. The molecule has 1 heterocycles. The largest absolute Gasteiger partial charge is 0.312 e. The van der Waals surface area contributed by atoms with Crippen LogP contribution in [0.25, 0.3) is 11.1 Å². The second-order valence-electron chi connectivity index (χ2n) is 4.38. The third-order valence-corrected chi connectivity index (χ3v) is 3.51. The first-order valence-electron chi connectivity index (χ1n) is 5.92. The highest BCUT2D eigenvalue weighted by Gasteiger charge is 2.13. The molecule has 0 amide bonds. The van der Waals surface area contributed by atoms with Gasteiger partial charge in [0, 0.05) is 11.6 Å². The second kappa shape index (κ2) is 4.52. The van der Waals surface area contributed by atoms with E-state index in [0.29, 0.717) is 0 Å². The summed E-state index contributed by atoms with van der Waals surface area (Å²) < 4.78 is 0. The molecule has 0 fully saturated rings. The van der Waals surface area contributed by atoms with Gasteiger partial charge < -0.3 is 5.32 Å². The molecule has 2 heteroatoms. The molecule has 1 aliphatic heterocycles. The Kier molecular flexibility index (Phi) is 2.87. The Balaban J connectivity index is 2.14. The van der Waals surface area contributed by atoms with E-state index in [1.807, 2.05) is 18.2 Å². The maximum Gasteiger partial charge on any atom is 0.0412 e. The number of hydrogen-bond donors (Lipinski definition) is 1. The SMILES string of the molecule is Clc1cccc(-c2cccc3c2CCNC3)c1. The van der Waals surface area contributed by atoms with Crippen LogP contribution in [0, 0.1) is 0 Å². The fourth-order valence-corrected chi connectivity index (χ4v) is 2.65. The van der Waals surface area contributed by atoms with Gasteiger partial charge in [0.1, 0.15) is 0 Å². The van der Waals surface area contributed by atoms with E-state index < -0.39 is 0 Å². The standard InChI is InChI=1S/C15H14ClN/c16-13-5-1-3-11(9-13)14-6-2-4-12-10-17-8-7-15(12)14/h1-6,9,17H,7-8,10H2. The smallest absolute Gasteiger partial charge is 0.0412 e. The van der Waals surface area contributed by atoms with Crippen molar-refractivity contribution in [3.63, 3.8) is 0 Å². The van der Waals surface area contributed by atoms with Gasteiger partial charge in [0.25, 0.3) is 0 Å². The maximum atomic E-state index is 6.07. The van der Waals surface area contributed by atoms with Gasteiger partial charge in [0.15, 0.2) is 0 Å². The van der Waals surface area contributed by atoms with Crippen molar-refractivity contribution >= 4 is 11.6 Å². The molecule has 0 unspecified atom stereocenters. The van der Waals surface area contributed by atoms with E-state index in [9.17, 15) is 0 Å². The van der Waals surface area contributed by atoms with Gasteiger partial charge in [-0.3, -0.25) is 0 Å². The molecule has 0 aliphatic carbocycles. The first-order chi connectivity index (χ1) is 8.34. The zero-order valence-corrected chi connectivity index (χ0v) is 10.3. The lowest BCUT2D eigenvalue weighted by atomic mass is 9.91. The van der Waals surface area contributed by atoms with Crippen LogP contribution in [0.5, 0.6) is 0 Å². The van der Waals surface area contributed by atoms with E-state index in [1.54, 1.807) is 0 Å². The molecular formula is C15H14ClN. The molecule has 86 valence electrons. The summed E-state index contributed by atoms with van der Waals surface area (Å²) in [6.07, 6.45) is 1.10. The summed E-state index contributed by atoms with van der Waals surface area (Å²) in [6.45, 7) is 2.04. The van der Waals surface area contributed by atoms with Crippen LogP contribution in [-0.4, -0.2) is 6.54 Å². The van der Waals surface area contributed by atoms with Crippen molar-refractivity contribution in [1.29, 1.82) is 0 Å². The molecule has 2 aromatic rings. The summed E-state index contributed by atoms with van der Waals surface area (Å²) in [7, 11) is 0. The lowest BCUT2D eigenvalue weighted by Crippen LogP contribution is -2.23. The van der Waals surface area contributed by atoms with E-state index in [4.69, 9.17) is 11.6 Å². The highest BCUT2D eigenvalue weighted by molar-refractivity contribution is 6.30. The average molecular weight is 244 g/mol. The van der Waals surface area contributed by atoms with Crippen LogP contribution < -0.4 is 5.32 Å². The third kappa shape index (κ3) is 2.08. The molecule has 0 spiro atoms. The van der Waals surface area contributed by atoms with E-state index in [2.05, 4.69) is 29.6 Å². The van der Waals surface area contributed by atoms with Crippen LogP contribution in [0.1, 0.15) is 11.1 Å². The van der Waals surface area contributed by atoms with Crippen LogP contribution in [0.2, 0.25) is 5.02 Å². The van der Waals surface area contributed by atoms with Gasteiger partial charge in [-0.05, 0) is 47.4 Å². The first kappa shape index (κ1) is 10.8. The molecule has 1 N–H and O–H groups in total. The van der Waals surface area contributed by atoms with Crippen molar-refractivity contribution in [1.82, 2.24) is 5.32 Å². The van der Waals surface area contributed by atoms with Gasteiger partial charge >= 0.3 is 0 Å². The maximum absolute atomic E-state index is 6.07. The molecule has 0 saturated carbocycles. The lowest BCUT2D eigenvalue weighted by Gasteiger charge is -2.20. The third-order valence-electron chi connectivity index (χ3n) is 3.28. The molecule has 0 radical (unpaired) electrons. The molecule has 0 aromatic heterocycles. The topological polar surface area (TPSA) is 12.0 Å². The van der Waals surface area contributed by atoms with E-state index >= 15 is 0 Å². The van der Waals surface area contributed by atoms with Crippen LogP contribution in [0.3, 0.4) is 0 Å². The summed E-state index contributed by atoms with van der Waals surface area (Å²) in [6, 6.07) is 14.6. The molecule has 17 heavy (non-hydrogen) atoms. The van der Waals surface area contributed by atoms with Crippen molar-refractivity contribution in [2.45, 2.75) is 13.0 Å². The Labute approximate surface area is 106 Å². The number of hydrogen-bond acceptors (Lipinski definition) is 1. The quantitative estimate of drug-likeness (QED) is 0.806. The van der Waals surface area contributed by atoms with Crippen LogP contribution in [0.15, 0.2) is 42.5 Å². The normalized spacial score (nSPS) is 14.4. The van der Waals surface area contributed by atoms with Crippen molar-refractivity contribution in [3.05, 3.63) is 58.6 Å². The minimum Gasteiger partial charge on any atom is -0.312 e. The first-order valence-corrected chi connectivity index (χ1v) is 6.30. The monoisotopic (exact) mass is 243 g/mol. The van der Waals surface area contributed by atoms with Gasteiger partial charge in [-0.1, -0.05) is 41.9 Å². The molecule has 1 nitrogen and oxygen atoms in total. The molecule has 0 saturated heterocycles. The number of rotatable bonds is 1. The molecule has 0 bridgehead atoms. The van der Waals surface area contributed by atoms with Gasteiger partial charge in [0.05, 0.1) is 0 Å². The molecular weight excluding hydrogens is 230 g/mol. The Hall–Kier alpha value is -1.31. The summed E-state index contributed by atoms with van der Waals surface area (Å²) in [5.74, 6) is 0. The molecule has 3 rings (SSSR count).